The van der Waals surface area contributed by atoms with Crippen molar-refractivity contribution in [2.45, 2.75) is 33.6 Å². The molecule has 0 fully saturated rings. The Hall–Kier alpha value is -2.10. The molecule has 1 N–H and O–H groups in total. The van der Waals surface area contributed by atoms with Gasteiger partial charge in [-0.1, -0.05) is 32.0 Å². The number of anilines is 1. The van der Waals surface area contributed by atoms with Crippen LogP contribution in [0.4, 0.5) is 5.82 Å². The van der Waals surface area contributed by atoms with Crippen LogP contribution in [0.1, 0.15) is 36.7 Å². The summed E-state index contributed by atoms with van der Waals surface area (Å²) < 4.78 is 5.98. The van der Waals surface area contributed by atoms with E-state index in [9.17, 15) is 0 Å². The summed E-state index contributed by atoms with van der Waals surface area (Å²) in [6, 6.07) is 7.92. The number of rotatable bonds is 4. The summed E-state index contributed by atoms with van der Waals surface area (Å²) in [5.41, 5.74) is 2.00. The van der Waals surface area contributed by atoms with Gasteiger partial charge in [0.15, 0.2) is 0 Å². The van der Waals surface area contributed by atoms with Crippen LogP contribution in [0.5, 0.6) is 11.6 Å². The third-order valence-electron chi connectivity index (χ3n) is 3.17. The van der Waals surface area contributed by atoms with Crippen LogP contribution in [0.2, 0.25) is 0 Å². The first-order valence-electron chi connectivity index (χ1n) is 6.82. The predicted octanol–water partition coefficient (Wildman–Crippen LogP) is 4.05. The lowest BCUT2D eigenvalue weighted by Crippen LogP contribution is -2.06. The van der Waals surface area contributed by atoms with E-state index in [1.807, 2.05) is 45.2 Å². The molecule has 1 aromatic carbocycles. The Bertz CT molecular complexity index is 609. The number of hydrogen-bond acceptors (Lipinski definition) is 4. The van der Waals surface area contributed by atoms with Gasteiger partial charge in [0.05, 0.1) is 5.56 Å². The van der Waals surface area contributed by atoms with Crippen LogP contribution in [0.15, 0.2) is 24.3 Å². The molecule has 2 aromatic rings. The van der Waals surface area contributed by atoms with Crippen molar-refractivity contribution < 1.29 is 4.74 Å². The fraction of sp³-hybridized carbons (Fsp3) is 0.375. The smallest absolute Gasteiger partial charge is 0.227 e. The maximum Gasteiger partial charge on any atom is 0.227 e. The van der Waals surface area contributed by atoms with Gasteiger partial charge in [0.2, 0.25) is 5.88 Å². The Morgan fingerprint density at radius 1 is 1.10 bits per heavy atom. The van der Waals surface area contributed by atoms with Gasteiger partial charge in [-0.2, -0.15) is 4.98 Å². The van der Waals surface area contributed by atoms with Gasteiger partial charge in [-0.05, 0) is 25.5 Å². The van der Waals surface area contributed by atoms with E-state index in [-0.39, 0.29) is 5.92 Å². The van der Waals surface area contributed by atoms with Crippen LogP contribution < -0.4 is 10.1 Å². The lowest BCUT2D eigenvalue weighted by molar-refractivity contribution is 0.450. The maximum atomic E-state index is 5.98. The molecule has 106 valence electrons. The molecule has 2 rings (SSSR count). The molecule has 1 aromatic heterocycles. The summed E-state index contributed by atoms with van der Waals surface area (Å²) in [5, 5.41) is 3.10. The van der Waals surface area contributed by atoms with Crippen LogP contribution >= 0.6 is 0 Å². The number of para-hydroxylation sites is 1. The van der Waals surface area contributed by atoms with Crippen molar-refractivity contribution in [3.8, 4) is 11.6 Å². The Labute approximate surface area is 120 Å². The molecule has 0 radical (unpaired) electrons. The summed E-state index contributed by atoms with van der Waals surface area (Å²) in [4.78, 5) is 9.06. The zero-order valence-electron chi connectivity index (χ0n) is 12.7. The highest BCUT2D eigenvalue weighted by Gasteiger charge is 2.14. The number of nitrogens with zero attached hydrogens (tertiary/aromatic N) is 2. The predicted molar refractivity (Wildman–Crippen MR) is 81.7 cm³/mol. The highest BCUT2D eigenvalue weighted by Crippen LogP contribution is 2.30. The van der Waals surface area contributed by atoms with Crippen molar-refractivity contribution in [3.05, 3.63) is 41.2 Å². The van der Waals surface area contributed by atoms with E-state index in [2.05, 4.69) is 29.1 Å². The Morgan fingerprint density at radius 2 is 1.80 bits per heavy atom. The lowest BCUT2D eigenvalue weighted by atomic mass is 10.2. The molecule has 4 heteroatoms. The highest BCUT2D eigenvalue weighted by molar-refractivity contribution is 5.50. The molecule has 0 aliphatic carbocycles. The molecule has 0 bridgehead atoms. The highest BCUT2D eigenvalue weighted by atomic mass is 16.5. The zero-order chi connectivity index (χ0) is 14.7. The molecule has 1 heterocycles. The van der Waals surface area contributed by atoms with Gasteiger partial charge >= 0.3 is 0 Å². The van der Waals surface area contributed by atoms with Gasteiger partial charge in [0.25, 0.3) is 0 Å². The monoisotopic (exact) mass is 271 g/mol. The van der Waals surface area contributed by atoms with Crippen molar-refractivity contribution in [3.63, 3.8) is 0 Å². The number of aromatic nitrogens is 2. The minimum atomic E-state index is 0.252. The molecule has 0 spiro atoms. The van der Waals surface area contributed by atoms with Gasteiger partial charge in [-0.15, -0.1) is 0 Å². The molecule has 0 unspecified atom stereocenters. The fourth-order valence-electron chi connectivity index (χ4n) is 1.89. The Morgan fingerprint density at radius 3 is 2.40 bits per heavy atom. The van der Waals surface area contributed by atoms with E-state index in [1.54, 1.807) is 0 Å². The third kappa shape index (κ3) is 2.90. The van der Waals surface area contributed by atoms with Crippen molar-refractivity contribution in [1.29, 1.82) is 0 Å². The van der Waals surface area contributed by atoms with Crippen molar-refractivity contribution in [2.24, 2.45) is 0 Å². The largest absolute Gasteiger partial charge is 0.438 e. The number of hydrogen-bond donors (Lipinski definition) is 1. The topological polar surface area (TPSA) is 47.0 Å². The van der Waals surface area contributed by atoms with E-state index >= 15 is 0 Å². The molecule has 0 aliphatic heterocycles. The van der Waals surface area contributed by atoms with Gasteiger partial charge < -0.3 is 10.1 Å². The summed E-state index contributed by atoms with van der Waals surface area (Å²) in [5.74, 6) is 3.28. The molecule has 0 atom stereocenters. The second-order valence-electron chi connectivity index (χ2n) is 5.13. The molecule has 4 nitrogen and oxygen atoms in total. The lowest BCUT2D eigenvalue weighted by Gasteiger charge is -2.15. The minimum absolute atomic E-state index is 0.252. The third-order valence-corrected chi connectivity index (χ3v) is 3.17. The molecule has 0 aliphatic rings. The Kier molecular flexibility index (Phi) is 4.23. The fourth-order valence-corrected chi connectivity index (χ4v) is 1.89. The van der Waals surface area contributed by atoms with Crippen LogP contribution in [0.3, 0.4) is 0 Å². The number of benzene rings is 1. The van der Waals surface area contributed by atoms with Gasteiger partial charge in [-0.25, -0.2) is 4.98 Å². The average molecular weight is 271 g/mol. The van der Waals surface area contributed by atoms with E-state index < -0.39 is 0 Å². The SMILES string of the molecule is CNc1nc(C(C)C)nc(Oc2ccccc2C)c1C. The Balaban J connectivity index is 2.45. The summed E-state index contributed by atoms with van der Waals surface area (Å²) in [7, 11) is 1.86. The molecule has 0 amide bonds. The quantitative estimate of drug-likeness (QED) is 0.911. The van der Waals surface area contributed by atoms with Crippen LogP contribution in [-0.4, -0.2) is 17.0 Å². The second kappa shape index (κ2) is 5.90. The average Bonchev–Trinajstić information content (AvgIpc) is 2.43. The van der Waals surface area contributed by atoms with E-state index in [0.29, 0.717) is 5.88 Å². The number of aryl methyl sites for hydroxylation is 1. The first-order valence-corrected chi connectivity index (χ1v) is 6.82. The van der Waals surface area contributed by atoms with Crippen LogP contribution in [0.25, 0.3) is 0 Å². The first kappa shape index (κ1) is 14.3. The number of nitrogens with one attached hydrogen (secondary N) is 1. The van der Waals surface area contributed by atoms with Crippen LogP contribution in [-0.2, 0) is 0 Å². The van der Waals surface area contributed by atoms with Crippen LogP contribution in [0, 0.1) is 13.8 Å². The molecule has 20 heavy (non-hydrogen) atoms. The van der Waals surface area contributed by atoms with E-state index in [1.165, 1.54) is 0 Å². The zero-order valence-corrected chi connectivity index (χ0v) is 12.7. The molecule has 0 saturated heterocycles. The standard InChI is InChI=1S/C16H21N3O/c1-10(2)14-18-15(17-5)12(4)16(19-14)20-13-9-7-6-8-11(13)3/h6-10H,1-5H3,(H,17,18,19). The summed E-state index contributed by atoms with van der Waals surface area (Å²) >= 11 is 0. The first-order chi connectivity index (χ1) is 9.52. The molecular formula is C16H21N3O. The molecule has 0 saturated carbocycles. The minimum Gasteiger partial charge on any atom is -0.438 e. The van der Waals surface area contributed by atoms with Crippen molar-refractivity contribution in [1.82, 2.24) is 9.97 Å². The summed E-state index contributed by atoms with van der Waals surface area (Å²) in [6.45, 7) is 8.13. The van der Waals surface area contributed by atoms with E-state index in [0.717, 1.165) is 28.5 Å². The van der Waals surface area contributed by atoms with Gasteiger partial charge in [0, 0.05) is 13.0 Å². The van der Waals surface area contributed by atoms with Gasteiger partial charge in [0.1, 0.15) is 17.4 Å². The van der Waals surface area contributed by atoms with Gasteiger partial charge in [-0.3, -0.25) is 0 Å². The number of ether oxygens (including phenoxy) is 1. The normalized spacial score (nSPS) is 10.7. The summed E-state index contributed by atoms with van der Waals surface area (Å²) in [6.07, 6.45) is 0. The van der Waals surface area contributed by atoms with E-state index in [4.69, 9.17) is 4.74 Å². The van der Waals surface area contributed by atoms with Crippen molar-refractivity contribution >= 4 is 5.82 Å². The van der Waals surface area contributed by atoms with Crippen molar-refractivity contribution in [2.75, 3.05) is 12.4 Å². The molecular weight excluding hydrogens is 250 g/mol. The maximum absolute atomic E-state index is 5.98. The second-order valence-corrected chi connectivity index (χ2v) is 5.13.